The van der Waals surface area contributed by atoms with Crippen LogP contribution in [0, 0.1) is 0 Å². The lowest BCUT2D eigenvalue weighted by atomic mass is 10.2. The number of nitrogens with one attached hydrogen (secondary N) is 1. The molecule has 0 bridgehead atoms. The normalized spacial score (nSPS) is 14.4. The molecular formula is C15H14ClN3O3S. The summed E-state index contributed by atoms with van der Waals surface area (Å²) in [6, 6.07) is 6.95. The van der Waals surface area contributed by atoms with Gasteiger partial charge >= 0.3 is 6.03 Å². The van der Waals surface area contributed by atoms with Crippen molar-refractivity contribution in [1.82, 2.24) is 15.2 Å². The molecule has 0 atom stereocenters. The van der Waals surface area contributed by atoms with E-state index >= 15 is 0 Å². The van der Waals surface area contributed by atoms with Crippen LogP contribution in [0.4, 0.5) is 4.79 Å². The molecule has 6 nitrogen and oxygen atoms in total. The highest BCUT2D eigenvalue weighted by Crippen LogP contribution is 2.22. The fourth-order valence-electron chi connectivity index (χ4n) is 2.11. The van der Waals surface area contributed by atoms with Gasteiger partial charge in [-0.1, -0.05) is 11.6 Å². The van der Waals surface area contributed by atoms with Crippen LogP contribution in [-0.4, -0.2) is 40.7 Å². The van der Waals surface area contributed by atoms with Crippen molar-refractivity contribution >= 4 is 35.3 Å². The molecule has 0 saturated carbocycles. The quantitative estimate of drug-likeness (QED) is 0.639. The fraction of sp³-hybridized carbons (Fsp3) is 0.267. The topological polar surface area (TPSA) is 75.4 Å². The molecule has 0 radical (unpaired) electrons. The Labute approximate surface area is 142 Å². The second-order valence-electron chi connectivity index (χ2n) is 4.91. The Morgan fingerprint density at radius 3 is 2.78 bits per heavy atom. The molecule has 1 aliphatic heterocycles. The number of amides is 3. The molecule has 23 heavy (non-hydrogen) atoms. The van der Waals surface area contributed by atoms with Gasteiger partial charge in [-0.25, -0.2) is 9.78 Å². The van der Waals surface area contributed by atoms with E-state index < -0.39 is 0 Å². The summed E-state index contributed by atoms with van der Waals surface area (Å²) in [7, 11) is 0. The first-order valence-electron chi connectivity index (χ1n) is 7.00. The number of urea groups is 1. The van der Waals surface area contributed by atoms with Crippen LogP contribution >= 0.6 is 23.4 Å². The smallest absolute Gasteiger partial charge is 0.324 e. The number of rotatable bonds is 6. The number of thioether (sulfide) groups is 1. The molecule has 1 fully saturated rings. The second-order valence-corrected chi connectivity index (χ2v) is 6.45. The van der Waals surface area contributed by atoms with Crippen molar-refractivity contribution in [3.63, 3.8) is 0 Å². The summed E-state index contributed by atoms with van der Waals surface area (Å²) in [5.41, 5.74) is 1.68. The Bertz CT molecular complexity index is 701. The molecule has 2 aromatic rings. The van der Waals surface area contributed by atoms with Crippen molar-refractivity contribution in [1.29, 1.82) is 0 Å². The van der Waals surface area contributed by atoms with Crippen molar-refractivity contribution in [2.75, 3.05) is 18.8 Å². The van der Waals surface area contributed by atoms with Crippen molar-refractivity contribution in [3.8, 4) is 11.5 Å². The van der Waals surface area contributed by atoms with Gasteiger partial charge in [-0.05, 0) is 24.3 Å². The monoisotopic (exact) mass is 351 g/mol. The van der Waals surface area contributed by atoms with Gasteiger partial charge in [0.15, 0.2) is 0 Å². The number of hydrogen-bond acceptors (Lipinski definition) is 5. The number of carbonyl (C=O) groups is 2. The van der Waals surface area contributed by atoms with Gasteiger partial charge in [0.05, 0.1) is 12.2 Å². The molecule has 0 aliphatic carbocycles. The zero-order chi connectivity index (χ0) is 16.2. The lowest BCUT2D eigenvalue weighted by molar-refractivity contribution is -0.124. The molecular weight excluding hydrogens is 338 g/mol. The van der Waals surface area contributed by atoms with Gasteiger partial charge in [0, 0.05) is 28.6 Å². The summed E-state index contributed by atoms with van der Waals surface area (Å²) in [5.74, 6) is 1.68. The van der Waals surface area contributed by atoms with E-state index in [4.69, 9.17) is 16.0 Å². The van der Waals surface area contributed by atoms with E-state index in [0.29, 0.717) is 29.0 Å². The lowest BCUT2D eigenvalue weighted by Crippen LogP contribution is -2.32. The van der Waals surface area contributed by atoms with Gasteiger partial charge in [-0.2, -0.15) is 11.8 Å². The van der Waals surface area contributed by atoms with E-state index in [2.05, 4.69) is 10.3 Å². The van der Waals surface area contributed by atoms with Gasteiger partial charge in [0.1, 0.15) is 6.26 Å². The summed E-state index contributed by atoms with van der Waals surface area (Å²) >= 11 is 7.44. The van der Waals surface area contributed by atoms with Gasteiger partial charge in [-0.15, -0.1) is 0 Å². The average molecular weight is 352 g/mol. The Kier molecular flexibility index (Phi) is 4.88. The zero-order valence-electron chi connectivity index (χ0n) is 12.1. The maximum absolute atomic E-state index is 11.4. The lowest BCUT2D eigenvalue weighted by Gasteiger charge is -2.10. The van der Waals surface area contributed by atoms with E-state index in [0.717, 1.165) is 11.3 Å². The number of aromatic nitrogens is 1. The molecule has 3 amide bonds. The van der Waals surface area contributed by atoms with E-state index in [9.17, 15) is 9.59 Å². The fourth-order valence-corrected chi connectivity index (χ4v) is 3.04. The molecule has 1 aliphatic rings. The standard InChI is InChI=1S/C15H14ClN3O3S/c16-11-3-1-10(2-4-11)14-18-12(8-22-14)9-23-6-5-19-13(20)7-17-15(19)21/h1-4,8H,5-7,9H2,(H,17,21). The highest BCUT2D eigenvalue weighted by molar-refractivity contribution is 7.98. The minimum Gasteiger partial charge on any atom is -0.444 e. The van der Waals surface area contributed by atoms with Crippen LogP contribution in [0.1, 0.15) is 5.69 Å². The summed E-state index contributed by atoms with van der Waals surface area (Å²) < 4.78 is 5.46. The van der Waals surface area contributed by atoms with Crippen LogP contribution < -0.4 is 5.32 Å². The predicted molar refractivity (Wildman–Crippen MR) is 88.2 cm³/mol. The third-order valence-electron chi connectivity index (χ3n) is 3.29. The maximum Gasteiger partial charge on any atom is 0.324 e. The summed E-state index contributed by atoms with van der Waals surface area (Å²) in [6.07, 6.45) is 1.62. The van der Waals surface area contributed by atoms with Crippen LogP contribution in [0.15, 0.2) is 34.9 Å². The summed E-state index contributed by atoms with van der Waals surface area (Å²) in [6.45, 7) is 0.495. The number of hydrogen-bond donors (Lipinski definition) is 1. The predicted octanol–water partition coefficient (Wildman–Crippen LogP) is 2.78. The van der Waals surface area contributed by atoms with Crippen molar-refractivity contribution in [2.24, 2.45) is 0 Å². The van der Waals surface area contributed by atoms with Crippen molar-refractivity contribution < 1.29 is 14.0 Å². The second kappa shape index (κ2) is 7.06. The van der Waals surface area contributed by atoms with Crippen LogP contribution in [0.3, 0.4) is 0 Å². The van der Waals surface area contributed by atoms with Gasteiger partial charge in [-0.3, -0.25) is 9.69 Å². The van der Waals surface area contributed by atoms with Crippen molar-refractivity contribution in [2.45, 2.75) is 5.75 Å². The Morgan fingerprint density at radius 1 is 1.30 bits per heavy atom. The Morgan fingerprint density at radius 2 is 2.09 bits per heavy atom. The largest absolute Gasteiger partial charge is 0.444 e. The number of halogens is 1. The Hall–Kier alpha value is -1.99. The zero-order valence-corrected chi connectivity index (χ0v) is 13.7. The highest BCUT2D eigenvalue weighted by atomic mass is 35.5. The molecule has 3 rings (SSSR count). The first-order valence-corrected chi connectivity index (χ1v) is 8.53. The molecule has 2 heterocycles. The van der Waals surface area contributed by atoms with E-state index in [1.165, 1.54) is 4.90 Å². The van der Waals surface area contributed by atoms with Gasteiger partial charge in [0.25, 0.3) is 0 Å². The molecule has 0 unspecified atom stereocenters. The number of carbonyl (C=O) groups excluding carboxylic acids is 2. The van der Waals surface area contributed by atoms with E-state index in [-0.39, 0.29) is 18.5 Å². The third kappa shape index (κ3) is 3.86. The SMILES string of the molecule is O=C1CNC(=O)N1CCSCc1coc(-c2ccc(Cl)cc2)n1. The molecule has 1 aromatic heterocycles. The van der Waals surface area contributed by atoms with Crippen LogP contribution in [0.2, 0.25) is 5.02 Å². The molecule has 120 valence electrons. The average Bonchev–Trinajstić information content (AvgIpc) is 3.13. The molecule has 0 spiro atoms. The highest BCUT2D eigenvalue weighted by Gasteiger charge is 2.27. The number of imide groups is 1. The van der Waals surface area contributed by atoms with Crippen molar-refractivity contribution in [3.05, 3.63) is 41.2 Å². The Balaban J connectivity index is 1.49. The first-order chi connectivity index (χ1) is 11.1. The minimum absolute atomic E-state index is 0.0945. The number of nitrogens with zero attached hydrogens (tertiary/aromatic N) is 2. The molecule has 1 N–H and O–H groups in total. The third-order valence-corrected chi connectivity index (χ3v) is 4.51. The molecule has 8 heteroatoms. The summed E-state index contributed by atoms with van der Waals surface area (Å²) in [5, 5.41) is 3.16. The maximum atomic E-state index is 11.4. The van der Waals surface area contributed by atoms with Crippen LogP contribution in [-0.2, 0) is 10.5 Å². The summed E-state index contributed by atoms with van der Waals surface area (Å²) in [4.78, 5) is 28.5. The number of oxazole rings is 1. The van der Waals surface area contributed by atoms with E-state index in [1.807, 2.05) is 12.1 Å². The van der Waals surface area contributed by atoms with Gasteiger partial charge < -0.3 is 9.73 Å². The molecule has 1 aromatic carbocycles. The van der Waals surface area contributed by atoms with Gasteiger partial charge in [0.2, 0.25) is 11.8 Å². The first kappa shape index (κ1) is 15.9. The van der Waals surface area contributed by atoms with E-state index in [1.54, 1.807) is 30.2 Å². The van der Waals surface area contributed by atoms with Crippen LogP contribution in [0.5, 0.6) is 0 Å². The molecule has 1 saturated heterocycles. The number of benzene rings is 1. The minimum atomic E-state index is -0.318. The van der Waals surface area contributed by atoms with Crippen LogP contribution in [0.25, 0.3) is 11.5 Å².